The molecule has 0 N–H and O–H groups in total. The highest BCUT2D eigenvalue weighted by Crippen LogP contribution is 2.37. The molecule has 0 unspecified atom stereocenters. The quantitative estimate of drug-likeness (QED) is 0.251. The van der Waals surface area contributed by atoms with Crippen molar-refractivity contribution >= 4 is 0 Å². The molecule has 10 heteroatoms. The van der Waals surface area contributed by atoms with E-state index < -0.39 is 52.5 Å². The van der Waals surface area contributed by atoms with E-state index in [1.807, 2.05) is 0 Å². The molecule has 0 aliphatic rings. The fourth-order valence-electron chi connectivity index (χ4n) is 2.48. The number of hydrogen-bond acceptors (Lipinski definition) is 2. The summed E-state index contributed by atoms with van der Waals surface area (Å²) >= 11 is 0. The molecule has 0 amide bonds. The summed E-state index contributed by atoms with van der Waals surface area (Å²) in [6.45, 7) is 1.74. The van der Waals surface area contributed by atoms with Crippen LogP contribution < -0.4 is 9.47 Å². The van der Waals surface area contributed by atoms with Gasteiger partial charge in [-0.15, -0.1) is 0 Å². The maximum Gasteiger partial charge on any atom is 0.432 e. The molecule has 2 aromatic rings. The van der Waals surface area contributed by atoms with Crippen LogP contribution >= 0.6 is 0 Å². The Morgan fingerprint density at radius 3 is 2.00 bits per heavy atom. The zero-order chi connectivity index (χ0) is 22.5. The van der Waals surface area contributed by atoms with Crippen LogP contribution in [0.1, 0.15) is 24.5 Å². The molecule has 0 spiro atoms. The first-order valence-electron chi connectivity index (χ1n) is 8.38. The van der Waals surface area contributed by atoms with E-state index >= 15 is 0 Å². The number of allylic oxidation sites excluding steroid dienone is 2. The Bertz CT molecular complexity index is 919. The van der Waals surface area contributed by atoms with E-state index in [4.69, 9.17) is 0 Å². The molecule has 0 atom stereocenters. The molecule has 0 saturated carbocycles. The summed E-state index contributed by atoms with van der Waals surface area (Å²) in [5, 5.41) is 0. The first kappa shape index (κ1) is 23.2. The van der Waals surface area contributed by atoms with Crippen molar-refractivity contribution < 1.29 is 44.6 Å². The zero-order valence-corrected chi connectivity index (χ0v) is 15.3. The molecule has 0 radical (unpaired) electrons. The van der Waals surface area contributed by atoms with Crippen LogP contribution in [0.4, 0.5) is 35.1 Å². The van der Waals surface area contributed by atoms with Crippen molar-refractivity contribution in [2.75, 3.05) is 0 Å². The Labute approximate surface area is 166 Å². The number of rotatable bonds is 8. The zero-order valence-electron chi connectivity index (χ0n) is 15.3. The van der Waals surface area contributed by atoms with Gasteiger partial charge in [-0.2, -0.15) is 17.6 Å². The van der Waals surface area contributed by atoms with Gasteiger partial charge in [0, 0.05) is 12.1 Å². The van der Waals surface area contributed by atoms with Crippen molar-refractivity contribution in [1.82, 2.24) is 0 Å². The standard InChI is InChI=1S/C20H14F8O2/c1-2-3-4-5-11-6-13(21)18(14(22)7-11)20(27,28)30-12-8-15(23)19(16(24)9-12)29-10-17(25)26/h2-3,6-10H,4-5H2,1H3. The van der Waals surface area contributed by atoms with Crippen LogP contribution in [0.5, 0.6) is 11.5 Å². The number of halogens is 8. The van der Waals surface area contributed by atoms with Gasteiger partial charge >= 0.3 is 12.2 Å². The summed E-state index contributed by atoms with van der Waals surface area (Å²) in [5.41, 5.74) is -1.63. The lowest BCUT2D eigenvalue weighted by atomic mass is 10.0. The molecule has 30 heavy (non-hydrogen) atoms. The van der Waals surface area contributed by atoms with E-state index in [-0.39, 0.29) is 30.4 Å². The van der Waals surface area contributed by atoms with Crippen LogP contribution in [0.25, 0.3) is 0 Å². The SMILES string of the molecule is CC=CCCc1cc(F)c(C(F)(F)Oc2cc(F)c(OC=C(F)F)c(F)c2)c(F)c1. The lowest BCUT2D eigenvalue weighted by Gasteiger charge is -2.20. The molecule has 2 aromatic carbocycles. The van der Waals surface area contributed by atoms with E-state index in [2.05, 4.69) is 9.47 Å². The minimum Gasteiger partial charge on any atom is -0.453 e. The predicted molar refractivity (Wildman–Crippen MR) is 91.3 cm³/mol. The van der Waals surface area contributed by atoms with Gasteiger partial charge in [0.05, 0.1) is 0 Å². The van der Waals surface area contributed by atoms with Gasteiger partial charge in [0.1, 0.15) is 22.9 Å². The Kier molecular flexibility index (Phi) is 7.47. The molecule has 0 saturated heterocycles. The molecule has 0 aromatic heterocycles. The minimum atomic E-state index is -4.64. The molecule has 0 aliphatic heterocycles. The Balaban J connectivity index is 2.31. The summed E-state index contributed by atoms with van der Waals surface area (Å²) in [5.74, 6) is -8.98. The number of aryl methyl sites for hydroxylation is 1. The van der Waals surface area contributed by atoms with Gasteiger partial charge < -0.3 is 9.47 Å². The van der Waals surface area contributed by atoms with Crippen molar-refractivity contribution in [2.24, 2.45) is 0 Å². The fourth-order valence-corrected chi connectivity index (χ4v) is 2.48. The van der Waals surface area contributed by atoms with Crippen LogP contribution in [-0.2, 0) is 12.5 Å². The molecule has 0 fully saturated rings. The van der Waals surface area contributed by atoms with E-state index in [1.165, 1.54) is 0 Å². The van der Waals surface area contributed by atoms with Crippen LogP contribution in [0.15, 0.2) is 48.8 Å². The molecule has 162 valence electrons. The van der Waals surface area contributed by atoms with Crippen LogP contribution in [0.3, 0.4) is 0 Å². The number of alkyl halides is 2. The van der Waals surface area contributed by atoms with Crippen LogP contribution in [0, 0.1) is 23.3 Å². The van der Waals surface area contributed by atoms with Crippen molar-refractivity contribution in [3.8, 4) is 11.5 Å². The Morgan fingerprint density at radius 2 is 1.50 bits per heavy atom. The lowest BCUT2D eigenvalue weighted by Crippen LogP contribution is -2.25. The molecule has 2 nitrogen and oxygen atoms in total. The van der Waals surface area contributed by atoms with Crippen LogP contribution in [-0.4, -0.2) is 0 Å². The minimum absolute atomic E-state index is 0.120. The third kappa shape index (κ3) is 5.74. The third-order valence-electron chi connectivity index (χ3n) is 3.71. The average molecular weight is 438 g/mol. The topological polar surface area (TPSA) is 18.5 Å². The van der Waals surface area contributed by atoms with Gasteiger partial charge in [0.25, 0.3) is 0 Å². The van der Waals surface area contributed by atoms with Crippen molar-refractivity contribution in [3.63, 3.8) is 0 Å². The van der Waals surface area contributed by atoms with Gasteiger partial charge in [-0.1, -0.05) is 12.2 Å². The van der Waals surface area contributed by atoms with Gasteiger partial charge in [0.15, 0.2) is 23.6 Å². The normalized spacial score (nSPS) is 11.6. The summed E-state index contributed by atoms with van der Waals surface area (Å²) in [4.78, 5) is 0. The smallest absolute Gasteiger partial charge is 0.432 e. The third-order valence-corrected chi connectivity index (χ3v) is 3.71. The van der Waals surface area contributed by atoms with E-state index in [0.29, 0.717) is 18.6 Å². The maximum atomic E-state index is 14.3. The molecule has 2 rings (SSSR count). The molecule has 0 aliphatic carbocycles. The molecule has 0 heterocycles. The van der Waals surface area contributed by atoms with Gasteiger partial charge in [-0.05, 0) is 37.5 Å². The maximum absolute atomic E-state index is 14.3. The highest BCUT2D eigenvalue weighted by molar-refractivity contribution is 5.36. The summed E-state index contributed by atoms with van der Waals surface area (Å²) in [6, 6.07) is 1.79. The second kappa shape index (κ2) is 9.64. The lowest BCUT2D eigenvalue weighted by molar-refractivity contribution is -0.189. The predicted octanol–water partition coefficient (Wildman–Crippen LogP) is 7.00. The van der Waals surface area contributed by atoms with Crippen molar-refractivity contribution in [3.05, 3.63) is 83.2 Å². The molecular weight excluding hydrogens is 424 g/mol. The number of hydrogen-bond donors (Lipinski definition) is 0. The molecular formula is C20H14F8O2. The van der Waals surface area contributed by atoms with Crippen molar-refractivity contribution in [2.45, 2.75) is 25.9 Å². The van der Waals surface area contributed by atoms with Gasteiger partial charge in [-0.25, -0.2) is 17.6 Å². The first-order valence-corrected chi connectivity index (χ1v) is 8.38. The Hall–Kier alpha value is -3.04. The number of benzene rings is 2. The second-order valence-electron chi connectivity index (χ2n) is 5.90. The highest BCUT2D eigenvalue weighted by Gasteiger charge is 2.41. The van der Waals surface area contributed by atoms with Crippen molar-refractivity contribution in [1.29, 1.82) is 0 Å². The Morgan fingerprint density at radius 1 is 0.933 bits per heavy atom. The first-order chi connectivity index (χ1) is 14.0. The van der Waals surface area contributed by atoms with E-state index in [9.17, 15) is 35.1 Å². The highest BCUT2D eigenvalue weighted by atomic mass is 19.3. The van der Waals surface area contributed by atoms with E-state index in [1.54, 1.807) is 19.1 Å². The monoisotopic (exact) mass is 438 g/mol. The van der Waals surface area contributed by atoms with Gasteiger partial charge in [0.2, 0.25) is 0 Å². The average Bonchev–Trinajstić information content (AvgIpc) is 2.59. The fraction of sp³-hybridized carbons (Fsp3) is 0.200. The largest absolute Gasteiger partial charge is 0.453 e. The number of ether oxygens (including phenoxy) is 2. The van der Waals surface area contributed by atoms with Gasteiger partial charge in [-0.3, -0.25) is 0 Å². The summed E-state index contributed by atoms with van der Waals surface area (Å²) < 4.78 is 117. The summed E-state index contributed by atoms with van der Waals surface area (Å²) in [6.07, 6.45) is -3.26. The molecule has 0 bridgehead atoms. The summed E-state index contributed by atoms with van der Waals surface area (Å²) in [7, 11) is 0. The van der Waals surface area contributed by atoms with E-state index in [0.717, 1.165) is 0 Å². The van der Waals surface area contributed by atoms with Crippen LogP contribution in [0.2, 0.25) is 0 Å². The second-order valence-corrected chi connectivity index (χ2v) is 5.90.